The molecule has 26 heavy (non-hydrogen) atoms. The Kier molecular flexibility index (Phi) is 6.41. The zero-order valence-electron chi connectivity index (χ0n) is 16.1. The summed E-state index contributed by atoms with van der Waals surface area (Å²) in [5, 5.41) is 6.61. The fourth-order valence-electron chi connectivity index (χ4n) is 4.45. The van der Waals surface area contributed by atoms with Gasteiger partial charge in [-0.05, 0) is 56.5 Å². The van der Waals surface area contributed by atoms with Crippen LogP contribution in [0.3, 0.4) is 0 Å². The molecule has 1 aliphatic carbocycles. The standard InChI is InChI=1S/C21H32N2O3/c1-25-18-7-6-17(14-19(18)26-2)21(10-4-3-5-11-21)15-23-20(24)16-8-12-22-13-9-16/h6-7,14,16,22H,3-5,8-13,15H2,1-2H3,(H,23,24). The van der Waals surface area contributed by atoms with E-state index in [0.29, 0.717) is 6.54 Å². The second-order valence-electron chi connectivity index (χ2n) is 7.65. The highest BCUT2D eigenvalue weighted by Crippen LogP contribution is 2.42. The van der Waals surface area contributed by atoms with Crippen LogP contribution in [0.5, 0.6) is 11.5 Å². The van der Waals surface area contributed by atoms with Gasteiger partial charge < -0.3 is 20.1 Å². The van der Waals surface area contributed by atoms with Gasteiger partial charge in [-0.1, -0.05) is 25.3 Å². The summed E-state index contributed by atoms with van der Waals surface area (Å²) in [6.07, 6.45) is 7.78. The van der Waals surface area contributed by atoms with Crippen molar-refractivity contribution >= 4 is 5.91 Å². The van der Waals surface area contributed by atoms with Crippen molar-refractivity contribution in [1.29, 1.82) is 0 Å². The molecule has 2 N–H and O–H groups in total. The van der Waals surface area contributed by atoms with E-state index in [4.69, 9.17) is 9.47 Å². The Morgan fingerprint density at radius 2 is 1.81 bits per heavy atom. The smallest absolute Gasteiger partial charge is 0.223 e. The molecule has 2 fully saturated rings. The van der Waals surface area contributed by atoms with E-state index >= 15 is 0 Å². The molecule has 5 nitrogen and oxygen atoms in total. The van der Waals surface area contributed by atoms with Crippen molar-refractivity contribution in [2.75, 3.05) is 33.9 Å². The van der Waals surface area contributed by atoms with E-state index < -0.39 is 0 Å². The quantitative estimate of drug-likeness (QED) is 0.819. The van der Waals surface area contributed by atoms with Crippen LogP contribution in [-0.2, 0) is 10.2 Å². The maximum Gasteiger partial charge on any atom is 0.223 e. The number of benzene rings is 1. The topological polar surface area (TPSA) is 59.6 Å². The van der Waals surface area contributed by atoms with Gasteiger partial charge in [-0.25, -0.2) is 0 Å². The maximum atomic E-state index is 12.7. The molecule has 144 valence electrons. The van der Waals surface area contributed by atoms with Gasteiger partial charge in [-0.3, -0.25) is 4.79 Å². The van der Waals surface area contributed by atoms with Crippen LogP contribution < -0.4 is 20.1 Å². The van der Waals surface area contributed by atoms with Gasteiger partial charge in [0.25, 0.3) is 0 Å². The van der Waals surface area contributed by atoms with Crippen molar-refractivity contribution < 1.29 is 14.3 Å². The molecule has 1 saturated carbocycles. The van der Waals surface area contributed by atoms with Gasteiger partial charge in [0.2, 0.25) is 5.91 Å². The molecule has 1 aromatic rings. The zero-order chi connectivity index (χ0) is 18.4. The normalized spacial score (nSPS) is 20.4. The average molecular weight is 360 g/mol. The molecule has 1 amide bonds. The Hall–Kier alpha value is -1.75. The van der Waals surface area contributed by atoms with Crippen molar-refractivity contribution in [2.24, 2.45) is 5.92 Å². The second-order valence-corrected chi connectivity index (χ2v) is 7.65. The number of carbonyl (C=O) groups excluding carboxylic acids is 1. The summed E-state index contributed by atoms with van der Waals surface area (Å²) in [5.74, 6) is 1.89. The molecule has 0 atom stereocenters. The van der Waals surface area contributed by atoms with E-state index in [1.807, 2.05) is 6.07 Å². The van der Waals surface area contributed by atoms with Gasteiger partial charge in [0, 0.05) is 17.9 Å². The molecule has 0 bridgehead atoms. The van der Waals surface area contributed by atoms with Gasteiger partial charge in [0.05, 0.1) is 14.2 Å². The second kappa shape index (κ2) is 8.76. The molecule has 0 spiro atoms. The highest BCUT2D eigenvalue weighted by Gasteiger charge is 2.35. The molecule has 3 rings (SSSR count). The number of carbonyl (C=O) groups is 1. The molecule has 2 aliphatic rings. The number of hydrogen-bond donors (Lipinski definition) is 2. The number of hydrogen-bond acceptors (Lipinski definition) is 4. The minimum absolute atomic E-state index is 0.000375. The molecule has 0 unspecified atom stereocenters. The van der Waals surface area contributed by atoms with E-state index in [9.17, 15) is 4.79 Å². The fraction of sp³-hybridized carbons (Fsp3) is 0.667. The molecule has 1 aliphatic heterocycles. The van der Waals surface area contributed by atoms with E-state index in [1.165, 1.54) is 24.8 Å². The first kappa shape index (κ1) is 19.0. The third-order valence-corrected chi connectivity index (χ3v) is 6.12. The lowest BCUT2D eigenvalue weighted by Gasteiger charge is -2.39. The molecule has 1 heterocycles. The monoisotopic (exact) mass is 360 g/mol. The zero-order valence-corrected chi connectivity index (χ0v) is 16.1. The Morgan fingerprint density at radius 1 is 1.12 bits per heavy atom. The third-order valence-electron chi connectivity index (χ3n) is 6.12. The van der Waals surface area contributed by atoms with Gasteiger partial charge >= 0.3 is 0 Å². The third kappa shape index (κ3) is 4.14. The summed E-state index contributed by atoms with van der Waals surface area (Å²) in [6, 6.07) is 6.23. The van der Waals surface area contributed by atoms with Gasteiger partial charge in [-0.15, -0.1) is 0 Å². The summed E-state index contributed by atoms with van der Waals surface area (Å²) in [5.41, 5.74) is 1.25. The minimum Gasteiger partial charge on any atom is -0.493 e. The first-order valence-electron chi connectivity index (χ1n) is 9.89. The Labute approximate surface area is 156 Å². The van der Waals surface area contributed by atoms with Crippen LogP contribution in [0.1, 0.15) is 50.5 Å². The number of rotatable bonds is 6. The minimum atomic E-state index is 0.000375. The summed E-state index contributed by atoms with van der Waals surface area (Å²) >= 11 is 0. The van der Waals surface area contributed by atoms with E-state index in [1.54, 1.807) is 14.2 Å². The molecule has 5 heteroatoms. The van der Waals surface area contributed by atoms with Crippen LogP contribution in [-0.4, -0.2) is 39.8 Å². The maximum absolute atomic E-state index is 12.7. The molecule has 1 aromatic carbocycles. The summed E-state index contributed by atoms with van der Waals surface area (Å²) in [4.78, 5) is 12.7. The summed E-state index contributed by atoms with van der Waals surface area (Å²) in [6.45, 7) is 2.60. The van der Waals surface area contributed by atoms with Crippen LogP contribution in [0.25, 0.3) is 0 Å². The predicted molar refractivity (Wildman–Crippen MR) is 103 cm³/mol. The van der Waals surface area contributed by atoms with Crippen molar-refractivity contribution in [3.63, 3.8) is 0 Å². The highest BCUT2D eigenvalue weighted by molar-refractivity contribution is 5.78. The molecule has 0 radical (unpaired) electrons. The van der Waals surface area contributed by atoms with Gasteiger partial charge in [-0.2, -0.15) is 0 Å². The van der Waals surface area contributed by atoms with Crippen LogP contribution in [0.2, 0.25) is 0 Å². The van der Waals surface area contributed by atoms with Crippen molar-refractivity contribution in [1.82, 2.24) is 10.6 Å². The van der Waals surface area contributed by atoms with Gasteiger partial charge in [0.1, 0.15) is 0 Å². The Bertz CT molecular complexity index is 605. The summed E-state index contributed by atoms with van der Waals surface area (Å²) in [7, 11) is 3.33. The molecular formula is C21H32N2O3. The van der Waals surface area contributed by atoms with E-state index in [0.717, 1.165) is 50.3 Å². The van der Waals surface area contributed by atoms with E-state index in [-0.39, 0.29) is 17.2 Å². The number of piperidine rings is 1. The van der Waals surface area contributed by atoms with Crippen molar-refractivity contribution in [2.45, 2.75) is 50.4 Å². The lowest BCUT2D eigenvalue weighted by atomic mass is 9.69. The largest absolute Gasteiger partial charge is 0.493 e. The summed E-state index contributed by atoms with van der Waals surface area (Å²) < 4.78 is 10.9. The highest BCUT2D eigenvalue weighted by atomic mass is 16.5. The van der Waals surface area contributed by atoms with Crippen LogP contribution in [0.4, 0.5) is 0 Å². The Morgan fingerprint density at radius 3 is 2.46 bits per heavy atom. The van der Waals surface area contributed by atoms with Gasteiger partial charge in [0.15, 0.2) is 11.5 Å². The van der Waals surface area contributed by atoms with Crippen molar-refractivity contribution in [3.05, 3.63) is 23.8 Å². The number of ether oxygens (including phenoxy) is 2. The van der Waals surface area contributed by atoms with E-state index in [2.05, 4.69) is 22.8 Å². The van der Waals surface area contributed by atoms with Crippen molar-refractivity contribution in [3.8, 4) is 11.5 Å². The Balaban J connectivity index is 1.77. The first-order chi connectivity index (χ1) is 12.7. The molecule has 0 aromatic heterocycles. The van der Waals surface area contributed by atoms with Crippen LogP contribution in [0.15, 0.2) is 18.2 Å². The van der Waals surface area contributed by atoms with Crippen LogP contribution >= 0.6 is 0 Å². The number of methoxy groups -OCH3 is 2. The molecular weight excluding hydrogens is 328 g/mol. The predicted octanol–water partition coefficient (Wildman–Crippen LogP) is 3.02. The lowest BCUT2D eigenvalue weighted by Crippen LogP contribution is -2.45. The number of amides is 1. The number of nitrogens with one attached hydrogen (secondary N) is 2. The van der Waals surface area contributed by atoms with Crippen LogP contribution in [0, 0.1) is 5.92 Å². The molecule has 1 saturated heterocycles. The lowest BCUT2D eigenvalue weighted by molar-refractivity contribution is -0.126. The fourth-order valence-corrected chi connectivity index (χ4v) is 4.45. The SMILES string of the molecule is COc1ccc(C2(CNC(=O)C3CCNCC3)CCCCC2)cc1OC. The first-order valence-corrected chi connectivity index (χ1v) is 9.89. The average Bonchev–Trinajstić information content (AvgIpc) is 2.72.